The van der Waals surface area contributed by atoms with E-state index in [2.05, 4.69) is 24.1 Å². The van der Waals surface area contributed by atoms with Gasteiger partial charge in [-0.3, -0.25) is 14.9 Å². The van der Waals surface area contributed by atoms with E-state index in [-0.39, 0.29) is 22.4 Å². The number of nitrogens with one attached hydrogen (secondary N) is 2. The lowest BCUT2D eigenvalue weighted by atomic mass is 9.75. The number of H-pyrrole nitrogens is 1. The summed E-state index contributed by atoms with van der Waals surface area (Å²) in [5.74, 6) is 1.02. The second-order valence-corrected chi connectivity index (χ2v) is 8.14. The van der Waals surface area contributed by atoms with E-state index in [1.54, 1.807) is 12.1 Å². The molecule has 2 N–H and O–H groups in total. The second-order valence-electron chi connectivity index (χ2n) is 8.14. The summed E-state index contributed by atoms with van der Waals surface area (Å²) >= 11 is 0. The molecule has 146 valence electrons. The van der Waals surface area contributed by atoms with Gasteiger partial charge in [0.15, 0.2) is 0 Å². The van der Waals surface area contributed by atoms with Gasteiger partial charge in [-0.25, -0.2) is 0 Å². The molecule has 6 nitrogen and oxygen atoms in total. The first-order valence-corrected chi connectivity index (χ1v) is 9.98. The Kier molecular flexibility index (Phi) is 6.14. The van der Waals surface area contributed by atoms with Gasteiger partial charge in [-0.2, -0.15) is 0 Å². The number of nitro groups is 1. The molecule has 1 aromatic carbocycles. The van der Waals surface area contributed by atoms with Crippen LogP contribution in [0.15, 0.2) is 24.4 Å². The summed E-state index contributed by atoms with van der Waals surface area (Å²) in [5, 5.41) is 15.1. The van der Waals surface area contributed by atoms with E-state index in [0.29, 0.717) is 24.8 Å². The first kappa shape index (κ1) is 19.4. The summed E-state index contributed by atoms with van der Waals surface area (Å²) in [6.07, 6.45) is 8.25. The molecule has 27 heavy (non-hydrogen) atoms. The smallest absolute Gasteiger partial charge is 0.270 e. The molecule has 1 heterocycles. The average Bonchev–Trinajstić information content (AvgIpc) is 3.08. The molecule has 0 spiro atoms. The van der Waals surface area contributed by atoms with E-state index < -0.39 is 0 Å². The average molecular weight is 371 g/mol. The number of fused-ring (bicyclic) bond motifs is 1. The summed E-state index contributed by atoms with van der Waals surface area (Å²) in [6, 6.07) is 4.92. The number of benzene rings is 1. The van der Waals surface area contributed by atoms with Gasteiger partial charge in [0.25, 0.3) is 5.69 Å². The molecule has 0 unspecified atom stereocenters. The zero-order valence-electron chi connectivity index (χ0n) is 16.2. The summed E-state index contributed by atoms with van der Waals surface area (Å²) in [7, 11) is 0. The highest BCUT2D eigenvalue weighted by Crippen LogP contribution is 2.41. The topological polar surface area (TPSA) is 88.0 Å². The first-order valence-electron chi connectivity index (χ1n) is 9.98. The lowest BCUT2D eigenvalue weighted by Gasteiger charge is -2.30. The van der Waals surface area contributed by atoms with E-state index in [1.165, 1.54) is 25.3 Å². The Hall–Kier alpha value is -2.37. The van der Waals surface area contributed by atoms with Crippen LogP contribution in [-0.4, -0.2) is 22.4 Å². The summed E-state index contributed by atoms with van der Waals surface area (Å²) in [5.41, 5.74) is 2.02. The molecule has 3 rings (SSSR count). The lowest BCUT2D eigenvalue weighted by Crippen LogP contribution is -2.30. The number of non-ortho nitro benzene ring substituents is 1. The van der Waals surface area contributed by atoms with Gasteiger partial charge in [0, 0.05) is 42.2 Å². The molecule has 0 bridgehead atoms. The SMILES string of the molecule is CC(C)CNC(=O)C[C@H](c1c[nH]c2ccc([N+](=O)[O-])cc12)C1CCCCC1. The van der Waals surface area contributed by atoms with E-state index >= 15 is 0 Å². The molecule has 1 aliphatic carbocycles. The minimum Gasteiger partial charge on any atom is -0.361 e. The second kappa shape index (κ2) is 8.55. The highest BCUT2D eigenvalue weighted by molar-refractivity contribution is 5.87. The van der Waals surface area contributed by atoms with Gasteiger partial charge in [0.2, 0.25) is 5.91 Å². The molecule has 0 aliphatic heterocycles. The van der Waals surface area contributed by atoms with Crippen molar-refractivity contribution in [2.24, 2.45) is 11.8 Å². The maximum Gasteiger partial charge on any atom is 0.270 e. The summed E-state index contributed by atoms with van der Waals surface area (Å²) in [4.78, 5) is 26.7. The van der Waals surface area contributed by atoms with Crippen molar-refractivity contribution in [3.8, 4) is 0 Å². The Morgan fingerprint density at radius 1 is 1.30 bits per heavy atom. The number of hydrogen-bond acceptors (Lipinski definition) is 3. The number of nitro benzene ring substituents is 1. The van der Waals surface area contributed by atoms with Crippen LogP contribution in [0.25, 0.3) is 10.9 Å². The van der Waals surface area contributed by atoms with Gasteiger partial charge in [-0.1, -0.05) is 33.1 Å². The van der Waals surface area contributed by atoms with Gasteiger partial charge in [0.1, 0.15) is 0 Å². The third-order valence-electron chi connectivity index (χ3n) is 5.64. The molecule has 1 aromatic heterocycles. The number of carbonyl (C=O) groups excluding carboxylic acids is 1. The van der Waals surface area contributed by atoms with Crippen LogP contribution < -0.4 is 5.32 Å². The van der Waals surface area contributed by atoms with Gasteiger partial charge in [0.05, 0.1) is 4.92 Å². The number of aromatic nitrogens is 1. The Morgan fingerprint density at radius 2 is 2.04 bits per heavy atom. The third-order valence-corrected chi connectivity index (χ3v) is 5.64. The molecule has 1 amide bonds. The highest BCUT2D eigenvalue weighted by atomic mass is 16.6. The standard InChI is InChI=1S/C21H29N3O3/c1-14(2)12-23-21(25)11-17(15-6-4-3-5-7-15)19-13-22-20-9-8-16(24(26)27)10-18(19)20/h8-10,13-15,17,22H,3-7,11-12H2,1-2H3,(H,23,25)/t17-/m0/s1. The molecule has 1 fully saturated rings. The first-order chi connectivity index (χ1) is 13.0. The van der Waals surface area contributed by atoms with E-state index in [1.807, 2.05) is 6.20 Å². The molecule has 1 atom stereocenters. The molecule has 0 saturated heterocycles. The minimum absolute atomic E-state index is 0.0686. The molecule has 6 heteroatoms. The van der Waals surface area contributed by atoms with Crippen molar-refractivity contribution >= 4 is 22.5 Å². The Bertz CT molecular complexity index is 806. The van der Waals surface area contributed by atoms with Crippen molar-refractivity contribution in [3.05, 3.63) is 40.1 Å². The third kappa shape index (κ3) is 4.67. The van der Waals surface area contributed by atoms with Crippen molar-refractivity contribution in [3.63, 3.8) is 0 Å². The Balaban J connectivity index is 1.91. The van der Waals surface area contributed by atoms with Crippen LogP contribution in [0.5, 0.6) is 0 Å². The van der Waals surface area contributed by atoms with Crippen LogP contribution in [0.3, 0.4) is 0 Å². The van der Waals surface area contributed by atoms with E-state index in [9.17, 15) is 14.9 Å². The predicted octanol–water partition coefficient (Wildman–Crippen LogP) is 4.90. The van der Waals surface area contributed by atoms with Crippen molar-refractivity contribution in [2.45, 2.75) is 58.3 Å². The zero-order valence-corrected chi connectivity index (χ0v) is 16.2. The number of aromatic amines is 1. The van der Waals surface area contributed by atoms with Crippen molar-refractivity contribution in [1.82, 2.24) is 10.3 Å². The Morgan fingerprint density at radius 3 is 2.70 bits per heavy atom. The van der Waals surface area contributed by atoms with Gasteiger partial charge >= 0.3 is 0 Å². The van der Waals surface area contributed by atoms with Crippen LogP contribution in [0.2, 0.25) is 0 Å². The fraction of sp³-hybridized carbons (Fsp3) is 0.571. The normalized spacial score (nSPS) is 16.6. The molecule has 1 saturated carbocycles. The lowest BCUT2D eigenvalue weighted by molar-refractivity contribution is -0.384. The van der Waals surface area contributed by atoms with Crippen molar-refractivity contribution < 1.29 is 9.72 Å². The monoisotopic (exact) mass is 371 g/mol. The van der Waals surface area contributed by atoms with Crippen LogP contribution >= 0.6 is 0 Å². The van der Waals surface area contributed by atoms with Crippen LogP contribution in [0.1, 0.15) is 63.9 Å². The molecular formula is C21H29N3O3. The summed E-state index contributed by atoms with van der Waals surface area (Å²) in [6.45, 7) is 4.84. The van der Waals surface area contributed by atoms with Crippen LogP contribution in [0, 0.1) is 22.0 Å². The van der Waals surface area contributed by atoms with Gasteiger partial charge in [-0.15, -0.1) is 0 Å². The number of amides is 1. The van der Waals surface area contributed by atoms with E-state index in [4.69, 9.17) is 0 Å². The molecular weight excluding hydrogens is 342 g/mol. The predicted molar refractivity (Wildman–Crippen MR) is 107 cm³/mol. The fourth-order valence-electron chi connectivity index (χ4n) is 4.21. The summed E-state index contributed by atoms with van der Waals surface area (Å²) < 4.78 is 0. The van der Waals surface area contributed by atoms with Crippen molar-refractivity contribution in [2.75, 3.05) is 6.54 Å². The quantitative estimate of drug-likeness (QED) is 0.536. The molecule has 1 aliphatic rings. The maximum atomic E-state index is 12.6. The van der Waals surface area contributed by atoms with Gasteiger partial charge in [-0.05, 0) is 42.2 Å². The maximum absolute atomic E-state index is 12.6. The van der Waals surface area contributed by atoms with Crippen LogP contribution in [-0.2, 0) is 4.79 Å². The number of nitrogens with zero attached hydrogens (tertiary/aromatic N) is 1. The van der Waals surface area contributed by atoms with Crippen LogP contribution in [0.4, 0.5) is 5.69 Å². The highest BCUT2D eigenvalue weighted by Gasteiger charge is 2.29. The number of rotatable bonds is 7. The molecule has 0 radical (unpaired) electrons. The molecule has 2 aromatic rings. The largest absolute Gasteiger partial charge is 0.361 e. The zero-order chi connectivity index (χ0) is 19.4. The van der Waals surface area contributed by atoms with Gasteiger partial charge < -0.3 is 10.3 Å². The number of carbonyl (C=O) groups is 1. The Labute approximate surface area is 159 Å². The van der Waals surface area contributed by atoms with E-state index in [0.717, 1.165) is 29.3 Å². The van der Waals surface area contributed by atoms with Crippen molar-refractivity contribution in [1.29, 1.82) is 0 Å². The minimum atomic E-state index is -0.360. The number of hydrogen-bond donors (Lipinski definition) is 2. The fourth-order valence-corrected chi connectivity index (χ4v) is 4.21.